The van der Waals surface area contributed by atoms with Crippen LogP contribution >= 0.6 is 0 Å². The standard InChI is InChI=1S/C12H20N4O2/c1-13-11-10(18-3)12(15-7-14-11)16-8-5-4-6-9(8)17-2/h7-9H,4-6H2,1-3H3,(H2,13,14,15,16). The van der Waals surface area contributed by atoms with E-state index in [1.165, 1.54) is 12.7 Å². The first kappa shape index (κ1) is 12.9. The van der Waals surface area contributed by atoms with Crippen LogP contribution in [0.4, 0.5) is 11.6 Å². The Hall–Kier alpha value is -1.56. The third kappa shape index (κ3) is 2.48. The molecule has 1 heterocycles. The van der Waals surface area contributed by atoms with Crippen molar-refractivity contribution in [1.82, 2.24) is 9.97 Å². The van der Waals surface area contributed by atoms with Crippen molar-refractivity contribution in [3.8, 4) is 5.75 Å². The molecule has 0 bridgehead atoms. The van der Waals surface area contributed by atoms with Crippen molar-refractivity contribution in [3.05, 3.63) is 6.33 Å². The van der Waals surface area contributed by atoms with Crippen molar-refractivity contribution < 1.29 is 9.47 Å². The van der Waals surface area contributed by atoms with E-state index in [0.717, 1.165) is 12.8 Å². The average Bonchev–Trinajstić information content (AvgIpc) is 2.85. The molecular formula is C12H20N4O2. The summed E-state index contributed by atoms with van der Waals surface area (Å²) in [5.74, 6) is 2.04. The van der Waals surface area contributed by atoms with Gasteiger partial charge in [0.2, 0.25) is 5.75 Å². The van der Waals surface area contributed by atoms with E-state index in [0.29, 0.717) is 17.4 Å². The molecule has 2 atom stereocenters. The van der Waals surface area contributed by atoms with Gasteiger partial charge in [-0.15, -0.1) is 0 Å². The summed E-state index contributed by atoms with van der Waals surface area (Å²) in [6, 6.07) is 0.281. The molecule has 0 aliphatic heterocycles. The number of ether oxygens (including phenoxy) is 2. The third-order valence-electron chi connectivity index (χ3n) is 3.32. The topological polar surface area (TPSA) is 68.3 Å². The van der Waals surface area contributed by atoms with Crippen molar-refractivity contribution in [2.24, 2.45) is 0 Å². The van der Waals surface area contributed by atoms with E-state index in [4.69, 9.17) is 9.47 Å². The minimum absolute atomic E-state index is 0.239. The number of aromatic nitrogens is 2. The molecule has 0 radical (unpaired) electrons. The lowest BCUT2D eigenvalue weighted by Crippen LogP contribution is -2.30. The van der Waals surface area contributed by atoms with Crippen LogP contribution in [0.25, 0.3) is 0 Å². The SMILES string of the molecule is CNc1ncnc(NC2CCCC2OC)c1OC. The number of anilines is 2. The monoisotopic (exact) mass is 252 g/mol. The van der Waals surface area contributed by atoms with Crippen molar-refractivity contribution in [1.29, 1.82) is 0 Å². The summed E-state index contributed by atoms with van der Waals surface area (Å²) in [5.41, 5.74) is 0. The fraction of sp³-hybridized carbons (Fsp3) is 0.667. The first-order chi connectivity index (χ1) is 8.80. The van der Waals surface area contributed by atoms with Crippen LogP contribution in [0.1, 0.15) is 19.3 Å². The number of hydrogen-bond donors (Lipinski definition) is 2. The summed E-state index contributed by atoms with van der Waals surface area (Å²) in [4.78, 5) is 8.37. The number of nitrogens with zero attached hydrogens (tertiary/aromatic N) is 2. The van der Waals surface area contributed by atoms with Gasteiger partial charge in [0.1, 0.15) is 6.33 Å². The number of nitrogens with one attached hydrogen (secondary N) is 2. The molecule has 1 aromatic rings. The van der Waals surface area contributed by atoms with Gasteiger partial charge in [0, 0.05) is 14.2 Å². The largest absolute Gasteiger partial charge is 0.490 e. The van der Waals surface area contributed by atoms with Crippen LogP contribution in [0.15, 0.2) is 6.33 Å². The molecule has 1 fully saturated rings. The highest BCUT2D eigenvalue weighted by Gasteiger charge is 2.28. The van der Waals surface area contributed by atoms with E-state index >= 15 is 0 Å². The van der Waals surface area contributed by atoms with Gasteiger partial charge in [0.25, 0.3) is 0 Å². The number of hydrogen-bond acceptors (Lipinski definition) is 6. The summed E-state index contributed by atoms with van der Waals surface area (Å²) in [6.07, 6.45) is 5.10. The van der Waals surface area contributed by atoms with Crippen LogP contribution in [0.2, 0.25) is 0 Å². The molecule has 0 aromatic carbocycles. The Bertz CT molecular complexity index is 400. The lowest BCUT2D eigenvalue weighted by Gasteiger charge is -2.21. The zero-order valence-corrected chi connectivity index (χ0v) is 11.1. The van der Waals surface area contributed by atoms with E-state index in [9.17, 15) is 0 Å². The van der Waals surface area contributed by atoms with Gasteiger partial charge < -0.3 is 20.1 Å². The highest BCUT2D eigenvalue weighted by molar-refractivity contribution is 5.63. The predicted octanol–water partition coefficient (Wildman–Crippen LogP) is 1.51. The molecule has 18 heavy (non-hydrogen) atoms. The molecule has 0 saturated heterocycles. The second kappa shape index (κ2) is 5.86. The van der Waals surface area contributed by atoms with E-state index in [2.05, 4.69) is 20.6 Å². The van der Waals surface area contributed by atoms with Gasteiger partial charge in [-0.2, -0.15) is 0 Å². The van der Waals surface area contributed by atoms with Crippen LogP contribution in [0.3, 0.4) is 0 Å². The maximum Gasteiger partial charge on any atom is 0.204 e. The third-order valence-corrected chi connectivity index (χ3v) is 3.32. The number of rotatable bonds is 5. The maximum atomic E-state index is 5.46. The minimum atomic E-state index is 0.239. The predicted molar refractivity (Wildman–Crippen MR) is 70.2 cm³/mol. The molecule has 6 nitrogen and oxygen atoms in total. The normalized spacial score (nSPS) is 22.8. The fourth-order valence-electron chi connectivity index (χ4n) is 2.40. The van der Waals surface area contributed by atoms with Crippen LogP contribution in [-0.2, 0) is 4.74 Å². The molecule has 2 N–H and O–H groups in total. The molecule has 2 unspecified atom stereocenters. The van der Waals surface area contributed by atoms with Gasteiger partial charge in [0.05, 0.1) is 19.3 Å². The van der Waals surface area contributed by atoms with E-state index in [-0.39, 0.29) is 12.1 Å². The molecule has 1 aliphatic rings. The van der Waals surface area contributed by atoms with Gasteiger partial charge in [0.15, 0.2) is 11.6 Å². The van der Waals surface area contributed by atoms with Crippen molar-refractivity contribution >= 4 is 11.6 Å². The fourth-order valence-corrected chi connectivity index (χ4v) is 2.40. The molecular weight excluding hydrogens is 232 g/mol. The lowest BCUT2D eigenvalue weighted by atomic mass is 10.2. The zero-order chi connectivity index (χ0) is 13.0. The summed E-state index contributed by atoms with van der Waals surface area (Å²) in [5, 5.41) is 6.38. The highest BCUT2D eigenvalue weighted by atomic mass is 16.5. The Morgan fingerprint density at radius 1 is 1.22 bits per heavy atom. The molecule has 1 saturated carbocycles. The summed E-state index contributed by atoms with van der Waals surface area (Å²) >= 11 is 0. The molecule has 0 amide bonds. The van der Waals surface area contributed by atoms with Crippen LogP contribution in [0, 0.1) is 0 Å². The Labute approximate surface area is 107 Å². The quantitative estimate of drug-likeness (QED) is 0.828. The number of methoxy groups -OCH3 is 2. The van der Waals surface area contributed by atoms with Gasteiger partial charge in [-0.1, -0.05) is 0 Å². The maximum absolute atomic E-state index is 5.46. The zero-order valence-electron chi connectivity index (χ0n) is 11.1. The Balaban J connectivity index is 2.18. The Morgan fingerprint density at radius 3 is 2.67 bits per heavy atom. The first-order valence-corrected chi connectivity index (χ1v) is 6.16. The van der Waals surface area contributed by atoms with Gasteiger partial charge >= 0.3 is 0 Å². The second-order valence-corrected chi connectivity index (χ2v) is 4.31. The summed E-state index contributed by atoms with van der Waals surface area (Å²) < 4.78 is 10.8. The van der Waals surface area contributed by atoms with Gasteiger partial charge in [-0.25, -0.2) is 9.97 Å². The second-order valence-electron chi connectivity index (χ2n) is 4.31. The van der Waals surface area contributed by atoms with Gasteiger partial charge in [-0.05, 0) is 19.3 Å². The van der Waals surface area contributed by atoms with Crippen molar-refractivity contribution in [2.75, 3.05) is 31.9 Å². The van der Waals surface area contributed by atoms with E-state index < -0.39 is 0 Å². The molecule has 6 heteroatoms. The van der Waals surface area contributed by atoms with Gasteiger partial charge in [-0.3, -0.25) is 0 Å². The molecule has 100 valence electrons. The minimum Gasteiger partial charge on any atom is -0.490 e. The molecule has 1 aromatic heterocycles. The first-order valence-electron chi connectivity index (χ1n) is 6.16. The Kier molecular flexibility index (Phi) is 4.19. The average molecular weight is 252 g/mol. The van der Waals surface area contributed by atoms with E-state index in [1.54, 1.807) is 14.2 Å². The van der Waals surface area contributed by atoms with Crippen LogP contribution in [-0.4, -0.2) is 43.4 Å². The van der Waals surface area contributed by atoms with Crippen molar-refractivity contribution in [2.45, 2.75) is 31.4 Å². The van der Waals surface area contributed by atoms with E-state index in [1.807, 2.05) is 7.05 Å². The highest BCUT2D eigenvalue weighted by Crippen LogP contribution is 2.32. The van der Waals surface area contributed by atoms with Crippen molar-refractivity contribution in [3.63, 3.8) is 0 Å². The molecule has 1 aliphatic carbocycles. The smallest absolute Gasteiger partial charge is 0.204 e. The van der Waals surface area contributed by atoms with Crippen LogP contribution < -0.4 is 15.4 Å². The molecule has 2 rings (SSSR count). The lowest BCUT2D eigenvalue weighted by molar-refractivity contribution is 0.101. The summed E-state index contributed by atoms with van der Waals surface area (Å²) in [7, 11) is 5.18. The summed E-state index contributed by atoms with van der Waals surface area (Å²) in [6.45, 7) is 0. The van der Waals surface area contributed by atoms with Crippen LogP contribution in [0.5, 0.6) is 5.75 Å². The Morgan fingerprint density at radius 2 is 2.00 bits per heavy atom. The molecule has 0 spiro atoms.